The number of anilines is 3. The summed E-state index contributed by atoms with van der Waals surface area (Å²) in [6.45, 7) is 4.24. The number of aryl methyl sites for hydroxylation is 2. The van der Waals surface area contributed by atoms with Gasteiger partial charge in [0.05, 0.1) is 0 Å². The average molecular weight is 323 g/mol. The van der Waals surface area contributed by atoms with Gasteiger partial charge in [0.2, 0.25) is 0 Å². The van der Waals surface area contributed by atoms with E-state index in [9.17, 15) is 0 Å². The molecule has 25 heavy (non-hydrogen) atoms. The lowest BCUT2D eigenvalue weighted by atomic mass is 10.1. The highest BCUT2D eigenvalue weighted by Gasteiger charge is 2.12. The molecule has 0 unspecified atom stereocenters. The van der Waals surface area contributed by atoms with E-state index in [1.54, 1.807) is 0 Å². The Morgan fingerprint density at radius 3 is 1.52 bits per heavy atom. The maximum atomic E-state index is 2.31. The Morgan fingerprint density at radius 1 is 0.480 bits per heavy atom. The van der Waals surface area contributed by atoms with Gasteiger partial charge in [-0.2, -0.15) is 0 Å². The van der Waals surface area contributed by atoms with E-state index in [4.69, 9.17) is 0 Å². The minimum absolute atomic E-state index is 1.17. The number of hydrogen-bond donors (Lipinski definition) is 0. The second-order valence-corrected chi connectivity index (χ2v) is 6.54. The summed E-state index contributed by atoms with van der Waals surface area (Å²) in [6, 6.07) is 32.5. The highest BCUT2D eigenvalue weighted by Crippen LogP contribution is 2.36. The fourth-order valence-electron chi connectivity index (χ4n) is 3.15. The zero-order chi connectivity index (χ0) is 17.2. The maximum Gasteiger partial charge on any atom is 0.0468 e. The van der Waals surface area contributed by atoms with Crippen LogP contribution in [0.5, 0.6) is 0 Å². The van der Waals surface area contributed by atoms with Crippen LogP contribution in [0.1, 0.15) is 11.1 Å². The molecule has 0 saturated carbocycles. The lowest BCUT2D eigenvalue weighted by molar-refractivity contribution is 1.27. The predicted molar refractivity (Wildman–Crippen MR) is 108 cm³/mol. The van der Waals surface area contributed by atoms with Crippen molar-refractivity contribution in [1.82, 2.24) is 0 Å². The first-order valence-corrected chi connectivity index (χ1v) is 8.63. The van der Waals surface area contributed by atoms with E-state index in [1.807, 2.05) is 0 Å². The summed E-state index contributed by atoms with van der Waals surface area (Å²) in [5, 5.41) is 2.52. The molecule has 0 N–H and O–H groups in total. The summed E-state index contributed by atoms with van der Waals surface area (Å²) < 4.78 is 0. The van der Waals surface area contributed by atoms with Crippen molar-refractivity contribution >= 4 is 27.8 Å². The molecule has 0 amide bonds. The van der Waals surface area contributed by atoms with Gasteiger partial charge in [-0.15, -0.1) is 0 Å². The summed E-state index contributed by atoms with van der Waals surface area (Å²) in [4.78, 5) is 2.31. The summed E-state index contributed by atoms with van der Waals surface area (Å²) in [6.07, 6.45) is 0. The lowest BCUT2D eigenvalue weighted by Crippen LogP contribution is -2.09. The molecule has 0 aliphatic rings. The van der Waals surface area contributed by atoms with Crippen LogP contribution in [-0.4, -0.2) is 0 Å². The van der Waals surface area contributed by atoms with Crippen molar-refractivity contribution in [3.8, 4) is 0 Å². The molecule has 0 bridgehead atoms. The monoisotopic (exact) mass is 323 g/mol. The van der Waals surface area contributed by atoms with Crippen molar-refractivity contribution < 1.29 is 0 Å². The van der Waals surface area contributed by atoms with Gasteiger partial charge in [-0.3, -0.25) is 0 Å². The van der Waals surface area contributed by atoms with E-state index in [1.165, 1.54) is 39.0 Å². The second-order valence-electron chi connectivity index (χ2n) is 6.54. The average Bonchev–Trinajstić information content (AvgIpc) is 2.65. The number of benzene rings is 4. The number of nitrogens with zero attached hydrogens (tertiary/aromatic N) is 1. The first-order valence-electron chi connectivity index (χ1n) is 8.63. The Morgan fingerprint density at radius 2 is 0.960 bits per heavy atom. The molecule has 0 radical (unpaired) electrons. The van der Waals surface area contributed by atoms with Crippen molar-refractivity contribution in [1.29, 1.82) is 0 Å². The largest absolute Gasteiger partial charge is 0.310 e. The van der Waals surface area contributed by atoms with E-state index in [-0.39, 0.29) is 0 Å². The summed E-state index contributed by atoms with van der Waals surface area (Å²) in [5.74, 6) is 0. The molecule has 4 aromatic carbocycles. The first-order chi connectivity index (χ1) is 12.2. The van der Waals surface area contributed by atoms with Crippen LogP contribution in [0, 0.1) is 13.8 Å². The van der Waals surface area contributed by atoms with Crippen LogP contribution in [0.3, 0.4) is 0 Å². The summed E-state index contributed by atoms with van der Waals surface area (Å²) in [7, 11) is 0. The zero-order valence-corrected chi connectivity index (χ0v) is 14.6. The molecule has 0 heterocycles. The van der Waals surface area contributed by atoms with E-state index in [0.29, 0.717) is 0 Å². The Kier molecular flexibility index (Phi) is 3.99. The molecule has 0 aromatic heterocycles. The smallest absolute Gasteiger partial charge is 0.0468 e. The Hall–Kier alpha value is -3.06. The maximum absolute atomic E-state index is 2.31. The standard InChI is InChI=1S/C24H21N/c1-18-7-12-22(13-8-18)25(23-14-9-19(2)10-15-23)24-16-11-20-5-3-4-6-21(20)17-24/h3-17H,1-2H3. The molecule has 0 saturated heterocycles. The third kappa shape index (κ3) is 3.14. The third-order valence-corrected chi connectivity index (χ3v) is 4.58. The topological polar surface area (TPSA) is 3.24 Å². The highest BCUT2D eigenvalue weighted by molar-refractivity contribution is 5.89. The van der Waals surface area contributed by atoms with Crippen LogP contribution in [0.4, 0.5) is 17.1 Å². The van der Waals surface area contributed by atoms with Crippen LogP contribution >= 0.6 is 0 Å². The molecule has 1 heteroatoms. The van der Waals surface area contributed by atoms with Crippen LogP contribution in [0.25, 0.3) is 10.8 Å². The highest BCUT2D eigenvalue weighted by atomic mass is 15.1. The third-order valence-electron chi connectivity index (χ3n) is 4.58. The molecule has 1 nitrogen and oxygen atoms in total. The van der Waals surface area contributed by atoms with Crippen LogP contribution in [0.15, 0.2) is 91.0 Å². The van der Waals surface area contributed by atoms with Crippen LogP contribution < -0.4 is 4.90 Å². The van der Waals surface area contributed by atoms with E-state index in [2.05, 4.69) is 110 Å². The number of fused-ring (bicyclic) bond motifs is 1. The minimum Gasteiger partial charge on any atom is -0.310 e. The van der Waals surface area contributed by atoms with Gasteiger partial charge in [-0.25, -0.2) is 0 Å². The molecule has 0 aliphatic carbocycles. The molecule has 122 valence electrons. The number of rotatable bonds is 3. The molecule has 4 rings (SSSR count). The van der Waals surface area contributed by atoms with Gasteiger partial charge in [0, 0.05) is 17.1 Å². The quantitative estimate of drug-likeness (QED) is 0.395. The number of hydrogen-bond acceptors (Lipinski definition) is 1. The van der Waals surface area contributed by atoms with Gasteiger partial charge in [-0.1, -0.05) is 65.7 Å². The molecule has 0 aliphatic heterocycles. The summed E-state index contributed by atoms with van der Waals surface area (Å²) >= 11 is 0. The zero-order valence-electron chi connectivity index (χ0n) is 14.6. The van der Waals surface area contributed by atoms with E-state index >= 15 is 0 Å². The van der Waals surface area contributed by atoms with Gasteiger partial charge >= 0.3 is 0 Å². The minimum atomic E-state index is 1.17. The van der Waals surface area contributed by atoms with Crippen molar-refractivity contribution in [2.24, 2.45) is 0 Å². The van der Waals surface area contributed by atoms with Gasteiger partial charge in [0.15, 0.2) is 0 Å². The Balaban J connectivity index is 1.88. The van der Waals surface area contributed by atoms with Gasteiger partial charge in [0.25, 0.3) is 0 Å². The molecule has 0 fully saturated rings. The fraction of sp³-hybridized carbons (Fsp3) is 0.0833. The Bertz CT molecular complexity index is 953. The normalized spacial score (nSPS) is 10.8. The lowest BCUT2D eigenvalue weighted by Gasteiger charge is -2.26. The van der Waals surface area contributed by atoms with Crippen molar-refractivity contribution in [2.45, 2.75) is 13.8 Å². The van der Waals surface area contributed by atoms with E-state index in [0.717, 1.165) is 0 Å². The Labute approximate surface area is 149 Å². The first kappa shape index (κ1) is 15.5. The van der Waals surface area contributed by atoms with Gasteiger partial charge in [-0.05, 0) is 61.0 Å². The van der Waals surface area contributed by atoms with Crippen LogP contribution in [0.2, 0.25) is 0 Å². The van der Waals surface area contributed by atoms with Crippen molar-refractivity contribution in [3.63, 3.8) is 0 Å². The molecule has 0 atom stereocenters. The molecular formula is C24H21N. The molecular weight excluding hydrogens is 302 g/mol. The van der Waals surface area contributed by atoms with Crippen molar-refractivity contribution in [2.75, 3.05) is 4.90 Å². The molecule has 0 spiro atoms. The molecule has 4 aromatic rings. The van der Waals surface area contributed by atoms with E-state index < -0.39 is 0 Å². The predicted octanol–water partition coefficient (Wildman–Crippen LogP) is 6.93. The van der Waals surface area contributed by atoms with Gasteiger partial charge < -0.3 is 4.90 Å². The van der Waals surface area contributed by atoms with Crippen LogP contribution in [-0.2, 0) is 0 Å². The van der Waals surface area contributed by atoms with Gasteiger partial charge in [0.1, 0.15) is 0 Å². The SMILES string of the molecule is Cc1ccc(N(c2ccc(C)cc2)c2ccc3ccccc3c2)cc1. The van der Waals surface area contributed by atoms with Crippen molar-refractivity contribution in [3.05, 3.63) is 102 Å². The fourth-order valence-corrected chi connectivity index (χ4v) is 3.15. The summed E-state index contributed by atoms with van der Waals surface area (Å²) in [5.41, 5.74) is 6.05. The second kappa shape index (κ2) is 6.45.